The summed E-state index contributed by atoms with van der Waals surface area (Å²) in [6.45, 7) is 3.27. The van der Waals surface area contributed by atoms with Crippen LogP contribution in [-0.4, -0.2) is 15.8 Å². The third-order valence-corrected chi connectivity index (χ3v) is 1.40. The fourth-order valence-electron chi connectivity index (χ4n) is 0.733. The van der Waals surface area contributed by atoms with E-state index < -0.39 is 0 Å². The van der Waals surface area contributed by atoms with Crippen LogP contribution >= 0.6 is 12.6 Å². The molecule has 3 nitrogen and oxygen atoms in total. The molecule has 0 aromatic carbocycles. The molecule has 0 unspecified atom stereocenters. The van der Waals surface area contributed by atoms with E-state index in [4.69, 9.17) is 0 Å². The Labute approximate surface area is 70.3 Å². The van der Waals surface area contributed by atoms with Gasteiger partial charge in [-0.15, -0.1) is 12.6 Å². The standard InChI is InChI=1S/C7H8N2OS/c1-4-3-6(5(2)10)9-7(11)8-4/h3H,1-2H3,(H,8,9,11). The van der Waals surface area contributed by atoms with Crippen molar-refractivity contribution in [1.29, 1.82) is 0 Å². The number of hydrogen-bond acceptors (Lipinski definition) is 4. The maximum absolute atomic E-state index is 10.8. The summed E-state index contributed by atoms with van der Waals surface area (Å²) in [5.74, 6) is -0.0641. The van der Waals surface area contributed by atoms with E-state index in [1.807, 2.05) is 0 Å². The summed E-state index contributed by atoms with van der Waals surface area (Å²) >= 11 is 3.94. The van der Waals surface area contributed by atoms with Gasteiger partial charge in [0.1, 0.15) is 5.69 Å². The minimum atomic E-state index is -0.0641. The van der Waals surface area contributed by atoms with Crippen LogP contribution in [-0.2, 0) is 0 Å². The van der Waals surface area contributed by atoms with E-state index in [1.165, 1.54) is 6.92 Å². The minimum Gasteiger partial charge on any atom is -0.293 e. The molecule has 1 aromatic heterocycles. The third kappa shape index (κ3) is 2.01. The number of Topliss-reactive ketones (excluding diaryl/α,β-unsaturated/α-hetero) is 1. The van der Waals surface area contributed by atoms with Gasteiger partial charge in [0.2, 0.25) is 0 Å². The van der Waals surface area contributed by atoms with Crippen molar-refractivity contribution in [2.24, 2.45) is 0 Å². The lowest BCUT2D eigenvalue weighted by atomic mass is 10.3. The second kappa shape index (κ2) is 3.00. The first-order valence-electron chi connectivity index (χ1n) is 3.15. The molecule has 0 atom stereocenters. The van der Waals surface area contributed by atoms with Crippen LogP contribution in [0.4, 0.5) is 0 Å². The molecule has 11 heavy (non-hydrogen) atoms. The molecule has 1 heterocycles. The molecular weight excluding hydrogens is 160 g/mol. The maximum atomic E-state index is 10.8. The van der Waals surface area contributed by atoms with Gasteiger partial charge in [-0.25, -0.2) is 9.97 Å². The molecule has 0 aliphatic rings. The van der Waals surface area contributed by atoms with E-state index in [9.17, 15) is 4.79 Å². The SMILES string of the molecule is CC(=O)c1cc(C)nc(S)n1. The van der Waals surface area contributed by atoms with Crippen LogP contribution in [0.3, 0.4) is 0 Å². The fourth-order valence-corrected chi connectivity index (χ4v) is 0.999. The molecule has 0 aliphatic heterocycles. The Bertz CT molecular complexity index is 278. The van der Waals surface area contributed by atoms with Crippen molar-refractivity contribution in [3.63, 3.8) is 0 Å². The summed E-state index contributed by atoms with van der Waals surface area (Å²) in [4.78, 5) is 18.6. The van der Waals surface area contributed by atoms with Crippen molar-refractivity contribution < 1.29 is 4.79 Å². The molecule has 0 spiro atoms. The van der Waals surface area contributed by atoms with Gasteiger partial charge in [-0.2, -0.15) is 0 Å². The van der Waals surface area contributed by atoms with Gasteiger partial charge in [-0.1, -0.05) is 0 Å². The molecule has 0 radical (unpaired) electrons. The Balaban J connectivity index is 3.19. The predicted molar refractivity (Wildman–Crippen MR) is 44.0 cm³/mol. The quantitative estimate of drug-likeness (QED) is 0.390. The van der Waals surface area contributed by atoms with Gasteiger partial charge in [0, 0.05) is 12.6 Å². The molecule has 0 aliphatic carbocycles. The maximum Gasteiger partial charge on any atom is 0.185 e. The number of thiol groups is 1. The van der Waals surface area contributed by atoms with Crippen LogP contribution < -0.4 is 0 Å². The summed E-state index contributed by atoms with van der Waals surface area (Å²) in [6, 6.07) is 1.64. The summed E-state index contributed by atoms with van der Waals surface area (Å²) in [5.41, 5.74) is 1.18. The lowest BCUT2D eigenvalue weighted by molar-refractivity contribution is 0.101. The number of aromatic nitrogens is 2. The second-order valence-corrected chi connectivity index (χ2v) is 2.65. The molecule has 0 bridgehead atoms. The number of carbonyl (C=O) groups is 1. The molecule has 0 saturated heterocycles. The molecule has 4 heteroatoms. The molecule has 0 N–H and O–H groups in total. The lowest BCUT2D eigenvalue weighted by Crippen LogP contribution is -1.99. The predicted octanol–water partition coefficient (Wildman–Crippen LogP) is 1.28. The lowest BCUT2D eigenvalue weighted by Gasteiger charge is -1.97. The number of ketones is 1. The highest BCUT2D eigenvalue weighted by Crippen LogP contribution is 2.03. The van der Waals surface area contributed by atoms with Gasteiger partial charge in [-0.05, 0) is 13.0 Å². The number of hydrogen-bond donors (Lipinski definition) is 1. The first kappa shape index (κ1) is 8.20. The topological polar surface area (TPSA) is 42.9 Å². The Morgan fingerprint density at radius 3 is 2.64 bits per heavy atom. The summed E-state index contributed by atoms with van der Waals surface area (Å²) in [7, 11) is 0. The Hall–Kier alpha value is -0.900. The van der Waals surface area contributed by atoms with E-state index in [0.29, 0.717) is 10.9 Å². The monoisotopic (exact) mass is 168 g/mol. The third-order valence-electron chi connectivity index (χ3n) is 1.20. The van der Waals surface area contributed by atoms with Gasteiger partial charge >= 0.3 is 0 Å². The molecule has 1 rings (SSSR count). The van der Waals surface area contributed by atoms with Gasteiger partial charge in [0.25, 0.3) is 0 Å². The normalized spacial score (nSPS) is 9.73. The van der Waals surface area contributed by atoms with Crippen LogP contribution in [0.2, 0.25) is 0 Å². The Kier molecular flexibility index (Phi) is 2.24. The molecule has 0 saturated carbocycles. The van der Waals surface area contributed by atoms with Crippen molar-refractivity contribution in [2.45, 2.75) is 19.0 Å². The van der Waals surface area contributed by atoms with E-state index >= 15 is 0 Å². The smallest absolute Gasteiger partial charge is 0.185 e. The average Bonchev–Trinajstić information content (AvgIpc) is 1.85. The Morgan fingerprint density at radius 2 is 2.18 bits per heavy atom. The van der Waals surface area contributed by atoms with Crippen LogP contribution in [0.15, 0.2) is 11.2 Å². The number of aryl methyl sites for hydroxylation is 1. The second-order valence-electron chi connectivity index (χ2n) is 2.25. The minimum absolute atomic E-state index is 0.0641. The first-order valence-corrected chi connectivity index (χ1v) is 3.60. The van der Waals surface area contributed by atoms with Gasteiger partial charge in [-0.3, -0.25) is 4.79 Å². The zero-order valence-electron chi connectivity index (χ0n) is 6.33. The van der Waals surface area contributed by atoms with Crippen molar-refractivity contribution in [1.82, 2.24) is 9.97 Å². The van der Waals surface area contributed by atoms with E-state index in [2.05, 4.69) is 22.6 Å². The molecule has 0 amide bonds. The number of carbonyl (C=O) groups excluding carboxylic acids is 1. The van der Waals surface area contributed by atoms with Crippen molar-refractivity contribution >= 4 is 18.4 Å². The van der Waals surface area contributed by atoms with Crippen LogP contribution in [0.25, 0.3) is 0 Å². The highest BCUT2D eigenvalue weighted by Gasteiger charge is 2.02. The summed E-state index contributed by atoms with van der Waals surface area (Å²) in [5, 5.41) is 0.343. The number of rotatable bonds is 1. The molecule has 1 aromatic rings. The van der Waals surface area contributed by atoms with E-state index in [1.54, 1.807) is 13.0 Å². The highest BCUT2D eigenvalue weighted by molar-refractivity contribution is 7.80. The van der Waals surface area contributed by atoms with Crippen LogP contribution in [0.5, 0.6) is 0 Å². The largest absolute Gasteiger partial charge is 0.293 e. The molecule has 0 fully saturated rings. The van der Waals surface area contributed by atoms with Gasteiger partial charge < -0.3 is 0 Å². The van der Waals surface area contributed by atoms with Crippen molar-refractivity contribution in [3.8, 4) is 0 Å². The van der Waals surface area contributed by atoms with E-state index in [-0.39, 0.29) is 5.78 Å². The Morgan fingerprint density at radius 1 is 1.55 bits per heavy atom. The fraction of sp³-hybridized carbons (Fsp3) is 0.286. The average molecular weight is 168 g/mol. The van der Waals surface area contributed by atoms with Gasteiger partial charge in [0.15, 0.2) is 10.9 Å². The zero-order chi connectivity index (χ0) is 8.43. The summed E-state index contributed by atoms with van der Waals surface area (Å²) < 4.78 is 0. The zero-order valence-corrected chi connectivity index (χ0v) is 7.22. The van der Waals surface area contributed by atoms with Crippen molar-refractivity contribution in [3.05, 3.63) is 17.5 Å². The molecule has 58 valence electrons. The highest BCUT2D eigenvalue weighted by atomic mass is 32.1. The van der Waals surface area contributed by atoms with Crippen LogP contribution in [0.1, 0.15) is 23.1 Å². The van der Waals surface area contributed by atoms with Crippen molar-refractivity contribution in [2.75, 3.05) is 0 Å². The molecular formula is C7H8N2OS. The van der Waals surface area contributed by atoms with Crippen LogP contribution in [0, 0.1) is 6.92 Å². The van der Waals surface area contributed by atoms with E-state index in [0.717, 1.165) is 5.69 Å². The first-order chi connectivity index (χ1) is 5.09. The summed E-state index contributed by atoms with van der Waals surface area (Å²) in [6.07, 6.45) is 0. The number of nitrogens with zero attached hydrogens (tertiary/aromatic N) is 2. The van der Waals surface area contributed by atoms with Gasteiger partial charge in [0.05, 0.1) is 0 Å².